The Morgan fingerprint density at radius 2 is 2.00 bits per heavy atom. The number of nitrogens with one attached hydrogen (secondary N) is 1. The van der Waals surface area contributed by atoms with Crippen molar-refractivity contribution in [3.05, 3.63) is 64.3 Å². The lowest BCUT2D eigenvalue weighted by atomic mass is 10.1. The second kappa shape index (κ2) is 5.56. The van der Waals surface area contributed by atoms with Gasteiger partial charge in [-0.1, -0.05) is 25.5 Å². The first-order valence-corrected chi connectivity index (χ1v) is 7.98. The van der Waals surface area contributed by atoms with Gasteiger partial charge in [0, 0.05) is 6.20 Å². The lowest BCUT2D eigenvalue weighted by Gasteiger charge is -2.18. The molecule has 1 aromatic carbocycles. The summed E-state index contributed by atoms with van der Waals surface area (Å²) >= 11 is 0. The minimum Gasteiger partial charge on any atom is -0.342 e. The first-order valence-electron chi connectivity index (χ1n) is 7.98. The number of pyridine rings is 1. The molecule has 3 heterocycles. The number of fused-ring (bicyclic) bond motifs is 4. The Labute approximate surface area is 138 Å². The van der Waals surface area contributed by atoms with Gasteiger partial charge in [-0.3, -0.25) is 9.59 Å². The summed E-state index contributed by atoms with van der Waals surface area (Å²) in [5, 5.41) is 3.50. The Morgan fingerprint density at radius 1 is 1.17 bits per heavy atom. The largest absolute Gasteiger partial charge is 0.342 e. The average Bonchev–Trinajstić information content (AvgIpc) is 2.72. The van der Waals surface area contributed by atoms with Gasteiger partial charge in [0.05, 0.1) is 22.5 Å². The molecule has 6 heteroatoms. The van der Waals surface area contributed by atoms with Crippen LogP contribution in [0.2, 0.25) is 0 Å². The van der Waals surface area contributed by atoms with Crippen LogP contribution in [0, 0.1) is 0 Å². The third-order valence-corrected chi connectivity index (χ3v) is 4.24. The van der Waals surface area contributed by atoms with Crippen molar-refractivity contribution in [1.29, 1.82) is 0 Å². The molecule has 6 nitrogen and oxygen atoms in total. The molecule has 120 valence electrons. The number of nitrogens with zero attached hydrogens (tertiary/aromatic N) is 3. The van der Waals surface area contributed by atoms with E-state index >= 15 is 0 Å². The molecule has 0 bridgehead atoms. The first-order chi connectivity index (χ1) is 11.7. The lowest BCUT2D eigenvalue weighted by Crippen LogP contribution is -2.30. The Morgan fingerprint density at radius 3 is 2.83 bits per heavy atom. The Kier molecular flexibility index (Phi) is 3.37. The molecule has 0 spiro atoms. The fraction of sp³-hybridized carbons (Fsp3) is 0.222. The molecule has 1 amide bonds. The molecule has 0 fully saturated rings. The quantitative estimate of drug-likeness (QED) is 0.786. The SMILES string of the molecule is CCCC1NC(=O)c2cccnc2-n2c1nc1ccccc1c2=O. The Bertz CT molecular complexity index is 1010. The molecular formula is C18H16N4O2. The van der Waals surface area contributed by atoms with Crippen molar-refractivity contribution in [1.82, 2.24) is 19.9 Å². The normalized spacial score (nSPS) is 16.2. The fourth-order valence-corrected chi connectivity index (χ4v) is 3.13. The summed E-state index contributed by atoms with van der Waals surface area (Å²) in [7, 11) is 0. The van der Waals surface area contributed by atoms with E-state index in [4.69, 9.17) is 0 Å². The van der Waals surface area contributed by atoms with Crippen LogP contribution in [0.5, 0.6) is 0 Å². The van der Waals surface area contributed by atoms with E-state index in [1.807, 2.05) is 19.1 Å². The highest BCUT2D eigenvalue weighted by Crippen LogP contribution is 2.25. The maximum Gasteiger partial charge on any atom is 0.267 e. The molecule has 1 atom stereocenters. The van der Waals surface area contributed by atoms with E-state index in [1.54, 1.807) is 30.5 Å². The summed E-state index contributed by atoms with van der Waals surface area (Å²) in [6, 6.07) is 10.3. The van der Waals surface area contributed by atoms with Gasteiger partial charge in [-0.2, -0.15) is 0 Å². The fourth-order valence-electron chi connectivity index (χ4n) is 3.13. The molecule has 1 aliphatic heterocycles. The third-order valence-electron chi connectivity index (χ3n) is 4.24. The summed E-state index contributed by atoms with van der Waals surface area (Å²) in [4.78, 5) is 34.6. The summed E-state index contributed by atoms with van der Waals surface area (Å²) < 4.78 is 1.48. The van der Waals surface area contributed by atoms with E-state index in [9.17, 15) is 9.59 Å². The van der Waals surface area contributed by atoms with E-state index in [1.165, 1.54) is 4.57 Å². The topological polar surface area (TPSA) is 76.9 Å². The van der Waals surface area contributed by atoms with Gasteiger partial charge in [0.25, 0.3) is 11.5 Å². The van der Waals surface area contributed by atoms with Crippen LogP contribution in [0.15, 0.2) is 47.4 Å². The van der Waals surface area contributed by atoms with Crippen molar-refractivity contribution < 1.29 is 4.79 Å². The van der Waals surface area contributed by atoms with Gasteiger partial charge in [0.15, 0.2) is 5.82 Å². The van der Waals surface area contributed by atoms with E-state index in [0.717, 1.165) is 6.42 Å². The molecule has 24 heavy (non-hydrogen) atoms. The van der Waals surface area contributed by atoms with E-state index < -0.39 is 0 Å². The highest BCUT2D eigenvalue weighted by atomic mass is 16.2. The molecule has 3 aromatic rings. The zero-order valence-electron chi connectivity index (χ0n) is 13.2. The number of carbonyl (C=O) groups excluding carboxylic acids is 1. The van der Waals surface area contributed by atoms with Crippen LogP contribution < -0.4 is 10.9 Å². The highest BCUT2D eigenvalue weighted by Gasteiger charge is 2.29. The maximum absolute atomic E-state index is 13.1. The summed E-state index contributed by atoms with van der Waals surface area (Å²) in [5.41, 5.74) is 0.813. The predicted molar refractivity (Wildman–Crippen MR) is 90.3 cm³/mol. The van der Waals surface area contributed by atoms with Gasteiger partial charge in [-0.25, -0.2) is 14.5 Å². The molecule has 1 N–H and O–H groups in total. The molecule has 2 aromatic heterocycles. The Balaban J connectivity index is 2.13. The summed E-state index contributed by atoms with van der Waals surface area (Å²) in [6.07, 6.45) is 3.14. The van der Waals surface area contributed by atoms with Crippen LogP contribution in [-0.2, 0) is 0 Å². The number of aromatic nitrogens is 3. The maximum atomic E-state index is 13.1. The summed E-state index contributed by atoms with van der Waals surface area (Å²) in [6.45, 7) is 2.03. The van der Waals surface area contributed by atoms with E-state index in [0.29, 0.717) is 34.5 Å². The van der Waals surface area contributed by atoms with Gasteiger partial charge in [-0.05, 0) is 30.7 Å². The van der Waals surface area contributed by atoms with Crippen LogP contribution in [0.25, 0.3) is 16.7 Å². The van der Waals surface area contributed by atoms with E-state index in [-0.39, 0.29) is 17.5 Å². The predicted octanol–water partition coefficient (Wildman–Crippen LogP) is 2.37. The number of para-hydroxylation sites is 1. The van der Waals surface area contributed by atoms with Gasteiger partial charge in [-0.15, -0.1) is 0 Å². The molecule has 1 aliphatic rings. The number of rotatable bonds is 2. The number of amides is 1. The van der Waals surface area contributed by atoms with Gasteiger partial charge in [0.1, 0.15) is 5.82 Å². The number of hydrogen-bond acceptors (Lipinski definition) is 4. The van der Waals surface area contributed by atoms with Gasteiger partial charge < -0.3 is 5.32 Å². The molecule has 1 unspecified atom stereocenters. The van der Waals surface area contributed by atoms with Crippen molar-refractivity contribution in [2.24, 2.45) is 0 Å². The van der Waals surface area contributed by atoms with Crippen molar-refractivity contribution in [2.45, 2.75) is 25.8 Å². The third kappa shape index (κ3) is 2.11. The molecule has 4 rings (SSSR count). The van der Waals surface area contributed by atoms with Crippen molar-refractivity contribution in [3.63, 3.8) is 0 Å². The minimum absolute atomic E-state index is 0.201. The lowest BCUT2D eigenvalue weighted by molar-refractivity contribution is 0.0935. The first kappa shape index (κ1) is 14.6. The number of carbonyl (C=O) groups is 1. The Hall–Kier alpha value is -3.02. The van der Waals surface area contributed by atoms with Crippen molar-refractivity contribution in [3.8, 4) is 5.82 Å². The smallest absolute Gasteiger partial charge is 0.267 e. The molecular weight excluding hydrogens is 304 g/mol. The second-order valence-corrected chi connectivity index (χ2v) is 5.82. The van der Waals surface area contributed by atoms with Crippen molar-refractivity contribution in [2.75, 3.05) is 0 Å². The second-order valence-electron chi connectivity index (χ2n) is 5.82. The molecule has 0 saturated carbocycles. The van der Waals surface area contributed by atoms with Gasteiger partial charge in [0.2, 0.25) is 0 Å². The summed E-state index contributed by atoms with van der Waals surface area (Å²) in [5.74, 6) is 0.642. The minimum atomic E-state index is -0.325. The van der Waals surface area contributed by atoms with Crippen LogP contribution in [0.4, 0.5) is 0 Å². The van der Waals surface area contributed by atoms with Gasteiger partial charge >= 0.3 is 0 Å². The molecule has 0 aliphatic carbocycles. The standard InChI is InChI=1S/C18H16N4O2/c1-2-6-14-16-20-13-9-4-3-7-11(13)18(24)22(16)15-12(17(23)21-14)8-5-10-19-15/h3-5,7-10,14H,2,6H2,1H3,(H,21,23). The zero-order chi connectivity index (χ0) is 16.7. The van der Waals surface area contributed by atoms with Crippen molar-refractivity contribution >= 4 is 16.8 Å². The highest BCUT2D eigenvalue weighted by molar-refractivity contribution is 5.98. The van der Waals surface area contributed by atoms with Crippen LogP contribution in [0.1, 0.15) is 42.0 Å². The molecule has 0 radical (unpaired) electrons. The number of hydrogen-bond donors (Lipinski definition) is 1. The molecule has 0 saturated heterocycles. The van der Waals surface area contributed by atoms with Crippen LogP contribution in [-0.4, -0.2) is 20.4 Å². The monoisotopic (exact) mass is 320 g/mol. The van der Waals surface area contributed by atoms with Crippen LogP contribution in [0.3, 0.4) is 0 Å². The van der Waals surface area contributed by atoms with Crippen LogP contribution >= 0.6 is 0 Å². The van der Waals surface area contributed by atoms with E-state index in [2.05, 4.69) is 15.3 Å². The zero-order valence-corrected chi connectivity index (χ0v) is 13.2. The average molecular weight is 320 g/mol. The number of benzene rings is 1.